The van der Waals surface area contributed by atoms with E-state index in [9.17, 15) is 9.59 Å². The van der Waals surface area contributed by atoms with Crippen LogP contribution in [-0.4, -0.2) is 67.0 Å². The van der Waals surface area contributed by atoms with Gasteiger partial charge in [-0.1, -0.05) is 84.4 Å². The number of carbonyl (C=O) groups excluding carboxylic acids is 2. The second-order valence-corrected chi connectivity index (χ2v) is 9.70. The molecule has 4 rings (SSSR count). The van der Waals surface area contributed by atoms with Gasteiger partial charge in [0.05, 0.1) is 19.6 Å². The van der Waals surface area contributed by atoms with Crippen molar-refractivity contribution in [3.8, 4) is 0 Å². The van der Waals surface area contributed by atoms with E-state index in [4.69, 9.17) is 16.3 Å². The molecule has 0 aliphatic carbocycles. The van der Waals surface area contributed by atoms with E-state index in [-0.39, 0.29) is 18.2 Å². The molecule has 0 saturated carbocycles. The lowest BCUT2D eigenvalue weighted by Gasteiger charge is -2.32. The summed E-state index contributed by atoms with van der Waals surface area (Å²) in [6.07, 6.45) is 0.652. The van der Waals surface area contributed by atoms with Crippen LogP contribution in [0.15, 0.2) is 84.9 Å². The quantitative estimate of drug-likeness (QED) is 0.416. The Bertz CT molecular complexity index is 1120. The molecule has 1 fully saturated rings. The molecule has 0 unspecified atom stereocenters. The fraction of sp³-hybridized carbons (Fsp3) is 0.333. The summed E-state index contributed by atoms with van der Waals surface area (Å²) < 4.78 is 5.42. The first-order valence-corrected chi connectivity index (χ1v) is 13.2. The Kier molecular flexibility index (Phi) is 10.1. The summed E-state index contributed by atoms with van der Waals surface area (Å²) in [4.78, 5) is 31.4. The van der Waals surface area contributed by atoms with Gasteiger partial charge in [0, 0.05) is 44.2 Å². The number of halogens is 1. The molecule has 2 amide bonds. The van der Waals surface area contributed by atoms with Crippen LogP contribution in [0.25, 0.3) is 0 Å². The highest BCUT2D eigenvalue weighted by Gasteiger charge is 2.30. The van der Waals surface area contributed by atoms with Gasteiger partial charge in [-0.2, -0.15) is 0 Å². The smallest absolute Gasteiger partial charge is 0.243 e. The number of morpholine rings is 1. The molecule has 194 valence electrons. The van der Waals surface area contributed by atoms with Crippen LogP contribution in [-0.2, 0) is 33.7 Å². The Hall–Kier alpha value is -3.19. The molecule has 1 atom stereocenters. The van der Waals surface area contributed by atoms with Gasteiger partial charge in [0.25, 0.3) is 0 Å². The lowest BCUT2D eigenvalue weighted by Crippen LogP contribution is -2.52. The van der Waals surface area contributed by atoms with Crippen LogP contribution in [0.5, 0.6) is 0 Å². The van der Waals surface area contributed by atoms with Crippen molar-refractivity contribution < 1.29 is 14.3 Å². The zero-order chi connectivity index (χ0) is 25.9. The average Bonchev–Trinajstić information content (AvgIpc) is 2.93. The summed E-state index contributed by atoms with van der Waals surface area (Å²) >= 11 is 6.10. The number of nitrogens with zero attached hydrogens (tertiary/aromatic N) is 2. The van der Waals surface area contributed by atoms with Gasteiger partial charge in [-0.15, -0.1) is 0 Å². The molecule has 0 spiro atoms. The van der Waals surface area contributed by atoms with E-state index < -0.39 is 6.04 Å². The first-order chi connectivity index (χ1) is 18.1. The van der Waals surface area contributed by atoms with E-state index in [0.29, 0.717) is 37.7 Å². The second-order valence-electron chi connectivity index (χ2n) is 9.26. The molecule has 0 aromatic heterocycles. The number of carbonyl (C=O) groups is 2. The standard InChI is InChI=1S/C30H34ClN3O3/c31-27-13-11-26(12-14-27)23-34(29(35)22-25-9-5-2-6-10-25)28(21-24-7-3-1-4-8-24)30(36)32-15-16-33-17-19-37-20-18-33/h1-14,28H,15-23H2,(H,32,36)/t28-/m1/s1. The van der Waals surface area contributed by atoms with Crippen LogP contribution in [0.2, 0.25) is 5.02 Å². The van der Waals surface area contributed by atoms with Gasteiger partial charge < -0.3 is 15.0 Å². The van der Waals surface area contributed by atoms with Gasteiger partial charge in [-0.3, -0.25) is 14.5 Å². The van der Waals surface area contributed by atoms with Crippen LogP contribution in [0, 0.1) is 0 Å². The molecule has 3 aromatic rings. The van der Waals surface area contributed by atoms with E-state index in [2.05, 4.69) is 10.2 Å². The van der Waals surface area contributed by atoms with Gasteiger partial charge in [0.15, 0.2) is 0 Å². The Morgan fingerprint density at radius 2 is 1.49 bits per heavy atom. The fourth-order valence-corrected chi connectivity index (χ4v) is 4.62. The lowest BCUT2D eigenvalue weighted by molar-refractivity contribution is -0.140. The van der Waals surface area contributed by atoms with Crippen molar-refractivity contribution in [3.63, 3.8) is 0 Å². The maximum absolute atomic E-state index is 13.7. The molecular formula is C30H34ClN3O3. The molecule has 1 aliphatic heterocycles. The number of nitrogens with one attached hydrogen (secondary N) is 1. The second kappa shape index (κ2) is 13.9. The number of hydrogen-bond donors (Lipinski definition) is 1. The number of ether oxygens (including phenoxy) is 1. The van der Waals surface area contributed by atoms with Crippen molar-refractivity contribution in [2.75, 3.05) is 39.4 Å². The Morgan fingerprint density at radius 1 is 0.865 bits per heavy atom. The first-order valence-electron chi connectivity index (χ1n) is 12.8. The summed E-state index contributed by atoms with van der Waals surface area (Å²) in [5.41, 5.74) is 2.84. The van der Waals surface area contributed by atoms with Gasteiger partial charge in [0.1, 0.15) is 6.04 Å². The van der Waals surface area contributed by atoms with Gasteiger partial charge in [-0.05, 0) is 28.8 Å². The number of amides is 2. The van der Waals surface area contributed by atoms with Crippen molar-refractivity contribution in [1.29, 1.82) is 0 Å². The van der Waals surface area contributed by atoms with E-state index in [1.807, 2.05) is 84.9 Å². The van der Waals surface area contributed by atoms with Crippen molar-refractivity contribution in [2.24, 2.45) is 0 Å². The maximum atomic E-state index is 13.7. The summed E-state index contributed by atoms with van der Waals surface area (Å²) in [7, 11) is 0. The minimum absolute atomic E-state index is 0.0922. The molecule has 1 saturated heterocycles. The predicted molar refractivity (Wildman–Crippen MR) is 146 cm³/mol. The Labute approximate surface area is 224 Å². The molecule has 6 nitrogen and oxygen atoms in total. The number of benzene rings is 3. The topological polar surface area (TPSA) is 61.9 Å². The van der Waals surface area contributed by atoms with Crippen molar-refractivity contribution in [1.82, 2.24) is 15.1 Å². The van der Waals surface area contributed by atoms with Gasteiger partial charge >= 0.3 is 0 Å². The molecule has 1 heterocycles. The van der Waals surface area contributed by atoms with Crippen molar-refractivity contribution in [3.05, 3.63) is 107 Å². The molecule has 0 radical (unpaired) electrons. The van der Waals surface area contributed by atoms with Crippen LogP contribution in [0.1, 0.15) is 16.7 Å². The highest BCUT2D eigenvalue weighted by atomic mass is 35.5. The average molecular weight is 520 g/mol. The molecule has 0 bridgehead atoms. The third kappa shape index (κ3) is 8.42. The highest BCUT2D eigenvalue weighted by molar-refractivity contribution is 6.30. The fourth-order valence-electron chi connectivity index (χ4n) is 4.49. The zero-order valence-corrected chi connectivity index (χ0v) is 21.8. The third-order valence-electron chi connectivity index (χ3n) is 6.57. The molecule has 1 aliphatic rings. The number of hydrogen-bond acceptors (Lipinski definition) is 4. The predicted octanol–water partition coefficient (Wildman–Crippen LogP) is 3.97. The van der Waals surface area contributed by atoms with Gasteiger partial charge in [-0.25, -0.2) is 0 Å². The Balaban J connectivity index is 1.56. The zero-order valence-electron chi connectivity index (χ0n) is 21.0. The van der Waals surface area contributed by atoms with E-state index in [0.717, 1.165) is 36.3 Å². The van der Waals surface area contributed by atoms with Crippen LogP contribution in [0.3, 0.4) is 0 Å². The van der Waals surface area contributed by atoms with E-state index >= 15 is 0 Å². The molecule has 1 N–H and O–H groups in total. The highest BCUT2D eigenvalue weighted by Crippen LogP contribution is 2.18. The van der Waals surface area contributed by atoms with Crippen LogP contribution < -0.4 is 5.32 Å². The largest absolute Gasteiger partial charge is 0.379 e. The lowest BCUT2D eigenvalue weighted by atomic mass is 10.0. The monoisotopic (exact) mass is 519 g/mol. The molecule has 7 heteroatoms. The van der Waals surface area contributed by atoms with E-state index in [1.54, 1.807) is 4.90 Å². The molecule has 3 aromatic carbocycles. The van der Waals surface area contributed by atoms with E-state index in [1.165, 1.54) is 0 Å². The summed E-state index contributed by atoms with van der Waals surface area (Å²) in [6.45, 7) is 4.75. The number of rotatable bonds is 11. The van der Waals surface area contributed by atoms with Crippen molar-refractivity contribution in [2.45, 2.75) is 25.4 Å². The summed E-state index contributed by atoms with van der Waals surface area (Å²) in [5.74, 6) is -0.238. The van der Waals surface area contributed by atoms with Gasteiger partial charge in [0.2, 0.25) is 11.8 Å². The molecule has 37 heavy (non-hydrogen) atoms. The minimum atomic E-state index is -0.654. The minimum Gasteiger partial charge on any atom is -0.379 e. The third-order valence-corrected chi connectivity index (χ3v) is 6.82. The summed E-state index contributed by atoms with van der Waals surface area (Å²) in [6, 6.07) is 26.3. The van der Waals surface area contributed by atoms with Crippen LogP contribution >= 0.6 is 11.6 Å². The first kappa shape index (κ1) is 26.9. The van der Waals surface area contributed by atoms with Crippen LogP contribution in [0.4, 0.5) is 0 Å². The SMILES string of the molecule is O=C(NCCN1CCOCC1)[C@@H](Cc1ccccc1)N(Cc1ccc(Cl)cc1)C(=O)Cc1ccccc1. The molecular weight excluding hydrogens is 486 g/mol. The normalized spacial score (nSPS) is 14.6. The Morgan fingerprint density at radius 3 is 2.14 bits per heavy atom. The summed E-state index contributed by atoms with van der Waals surface area (Å²) in [5, 5.41) is 3.74. The van der Waals surface area contributed by atoms with Crippen molar-refractivity contribution >= 4 is 23.4 Å². The maximum Gasteiger partial charge on any atom is 0.243 e.